The zero-order valence-electron chi connectivity index (χ0n) is 13.4. The molecule has 7 nitrogen and oxygen atoms in total. The molecule has 1 saturated heterocycles. The normalized spacial score (nSPS) is 23.4. The Bertz CT molecular complexity index is 635. The second-order valence-electron chi connectivity index (χ2n) is 6.13. The predicted molar refractivity (Wildman–Crippen MR) is 89.7 cm³/mol. The number of hydrogen-bond acceptors (Lipinski definition) is 5. The molecule has 3 atom stereocenters. The lowest BCUT2D eigenvalue weighted by Crippen LogP contribution is -2.54. The molecule has 0 aliphatic carbocycles. The van der Waals surface area contributed by atoms with E-state index in [1.807, 2.05) is 6.07 Å². The molecule has 1 amide bonds. The zero-order chi connectivity index (χ0) is 17.9. The van der Waals surface area contributed by atoms with Gasteiger partial charge in [0.15, 0.2) is 6.04 Å². The summed E-state index contributed by atoms with van der Waals surface area (Å²) in [7, 11) is 0. The molecular formula is C16H20N2O5S. The number of nitrogens with one attached hydrogen (secondary N) is 2. The molecule has 1 aromatic rings. The van der Waals surface area contributed by atoms with E-state index < -0.39 is 40.1 Å². The molecule has 4 N–H and O–H groups in total. The van der Waals surface area contributed by atoms with Crippen LogP contribution in [0.1, 0.15) is 19.4 Å². The number of aliphatic carboxylic acids is 2. The molecular weight excluding hydrogens is 332 g/mol. The van der Waals surface area contributed by atoms with Crippen LogP contribution in [0, 0.1) is 0 Å². The van der Waals surface area contributed by atoms with Crippen LogP contribution in [0.15, 0.2) is 30.3 Å². The topological polar surface area (TPSA) is 116 Å². The summed E-state index contributed by atoms with van der Waals surface area (Å²) in [6, 6.07) is 6.88. The van der Waals surface area contributed by atoms with Crippen molar-refractivity contribution < 1.29 is 24.6 Å². The fourth-order valence-corrected chi connectivity index (χ4v) is 4.08. The van der Waals surface area contributed by atoms with Gasteiger partial charge in [0, 0.05) is 4.75 Å². The average molecular weight is 352 g/mol. The van der Waals surface area contributed by atoms with Crippen molar-refractivity contribution in [3.05, 3.63) is 35.9 Å². The van der Waals surface area contributed by atoms with E-state index in [2.05, 4.69) is 10.6 Å². The molecule has 0 spiro atoms. The van der Waals surface area contributed by atoms with E-state index in [4.69, 9.17) is 0 Å². The van der Waals surface area contributed by atoms with Crippen LogP contribution in [-0.4, -0.2) is 50.3 Å². The molecule has 0 saturated carbocycles. The first kappa shape index (κ1) is 18.3. The third-order valence-electron chi connectivity index (χ3n) is 3.80. The highest BCUT2D eigenvalue weighted by Gasteiger charge is 2.49. The average Bonchev–Trinajstić information content (AvgIpc) is 2.81. The predicted octanol–water partition coefficient (Wildman–Crippen LogP) is 0.693. The minimum Gasteiger partial charge on any atom is -0.480 e. The summed E-state index contributed by atoms with van der Waals surface area (Å²) < 4.78 is -0.686. The maximum absolute atomic E-state index is 12.1. The molecule has 8 heteroatoms. The van der Waals surface area contributed by atoms with Crippen molar-refractivity contribution in [1.82, 2.24) is 10.6 Å². The summed E-state index contributed by atoms with van der Waals surface area (Å²) in [5, 5.41) is 23.2. The van der Waals surface area contributed by atoms with Gasteiger partial charge < -0.3 is 15.5 Å². The van der Waals surface area contributed by atoms with Gasteiger partial charge in [0.05, 0.1) is 11.8 Å². The van der Waals surface area contributed by atoms with Crippen LogP contribution in [-0.2, 0) is 20.8 Å². The van der Waals surface area contributed by atoms with Crippen molar-refractivity contribution in [2.75, 3.05) is 0 Å². The summed E-state index contributed by atoms with van der Waals surface area (Å²) >= 11 is 1.20. The lowest BCUT2D eigenvalue weighted by molar-refractivity contribution is -0.143. The molecule has 0 bridgehead atoms. The van der Waals surface area contributed by atoms with E-state index in [1.54, 1.807) is 38.1 Å². The minimum absolute atomic E-state index is 0.0633. The number of carboxylic acid groups (broad SMARTS) is 2. The highest BCUT2D eigenvalue weighted by Crippen LogP contribution is 2.39. The molecule has 130 valence electrons. The van der Waals surface area contributed by atoms with E-state index in [-0.39, 0.29) is 6.42 Å². The van der Waals surface area contributed by atoms with E-state index in [9.17, 15) is 24.6 Å². The van der Waals surface area contributed by atoms with E-state index in [0.717, 1.165) is 5.56 Å². The number of thioether (sulfide) groups is 1. The molecule has 1 fully saturated rings. The fraction of sp³-hybridized carbons (Fsp3) is 0.438. The summed E-state index contributed by atoms with van der Waals surface area (Å²) in [6.07, 6.45) is 0.0633. The van der Waals surface area contributed by atoms with Crippen molar-refractivity contribution in [2.24, 2.45) is 0 Å². The Morgan fingerprint density at radius 2 is 1.88 bits per heavy atom. The molecule has 2 rings (SSSR count). The van der Waals surface area contributed by atoms with E-state index in [1.165, 1.54) is 11.8 Å². The Labute approximate surface area is 143 Å². The number of rotatable bonds is 6. The van der Waals surface area contributed by atoms with Gasteiger partial charge >= 0.3 is 11.9 Å². The summed E-state index contributed by atoms with van der Waals surface area (Å²) in [6.45, 7) is 3.46. The number of amides is 1. The summed E-state index contributed by atoms with van der Waals surface area (Å²) in [4.78, 5) is 35.0. The van der Waals surface area contributed by atoms with Gasteiger partial charge in [-0.3, -0.25) is 14.9 Å². The lowest BCUT2D eigenvalue weighted by atomic mass is 10.0. The molecule has 0 aromatic heterocycles. The second kappa shape index (κ2) is 7.23. The largest absolute Gasteiger partial charge is 0.480 e. The smallest absolute Gasteiger partial charge is 0.328 e. The van der Waals surface area contributed by atoms with Crippen molar-refractivity contribution in [1.29, 1.82) is 0 Å². The van der Waals surface area contributed by atoms with Crippen molar-refractivity contribution in [3.63, 3.8) is 0 Å². The van der Waals surface area contributed by atoms with Gasteiger partial charge in [-0.15, -0.1) is 11.8 Å². The van der Waals surface area contributed by atoms with Gasteiger partial charge in [0.25, 0.3) is 0 Å². The third kappa shape index (κ3) is 4.27. The first-order valence-corrected chi connectivity index (χ1v) is 8.31. The molecule has 0 unspecified atom stereocenters. The molecule has 1 heterocycles. The maximum Gasteiger partial charge on any atom is 0.328 e. The Balaban J connectivity index is 2.06. The van der Waals surface area contributed by atoms with Crippen LogP contribution in [0.5, 0.6) is 0 Å². The van der Waals surface area contributed by atoms with Crippen molar-refractivity contribution in [3.8, 4) is 0 Å². The Hall–Kier alpha value is -2.06. The lowest BCUT2D eigenvalue weighted by Gasteiger charge is -2.22. The SMILES string of the molecule is CC1(C)S[C@@H]([C@@H](NC(=O)Cc2ccccc2)C(=O)O)N[C@@H]1C(=O)O. The van der Waals surface area contributed by atoms with Gasteiger partial charge in [-0.2, -0.15) is 0 Å². The number of carbonyl (C=O) groups excluding carboxylic acids is 1. The molecule has 1 aromatic carbocycles. The molecule has 0 radical (unpaired) electrons. The quantitative estimate of drug-likeness (QED) is 0.595. The zero-order valence-corrected chi connectivity index (χ0v) is 14.2. The number of benzene rings is 1. The van der Waals surface area contributed by atoms with E-state index in [0.29, 0.717) is 0 Å². The van der Waals surface area contributed by atoms with Crippen molar-refractivity contribution >= 4 is 29.6 Å². The fourth-order valence-electron chi connectivity index (χ4n) is 2.60. The highest BCUT2D eigenvalue weighted by molar-refractivity contribution is 8.01. The molecule has 24 heavy (non-hydrogen) atoms. The number of carbonyl (C=O) groups is 3. The minimum atomic E-state index is -1.21. The Kier molecular flexibility index (Phi) is 5.51. The Morgan fingerprint density at radius 3 is 2.38 bits per heavy atom. The van der Waals surface area contributed by atoms with Crippen LogP contribution >= 0.6 is 11.8 Å². The monoisotopic (exact) mass is 352 g/mol. The standard InChI is InChI=1S/C16H20N2O5S/c1-16(2)12(15(22)23)18-13(24-16)11(14(20)21)17-10(19)8-9-6-4-3-5-7-9/h3-7,11-13,18H,8H2,1-2H3,(H,17,19)(H,20,21)(H,22,23)/t11-,12-,13+/m1/s1. The van der Waals surface area contributed by atoms with Gasteiger partial charge in [0.1, 0.15) is 6.04 Å². The molecule has 1 aliphatic rings. The van der Waals surface area contributed by atoms with Crippen LogP contribution in [0.2, 0.25) is 0 Å². The Morgan fingerprint density at radius 1 is 1.25 bits per heavy atom. The van der Waals surface area contributed by atoms with E-state index >= 15 is 0 Å². The summed E-state index contributed by atoms with van der Waals surface area (Å²) in [5.74, 6) is -2.68. The summed E-state index contributed by atoms with van der Waals surface area (Å²) in [5.41, 5.74) is 0.773. The van der Waals surface area contributed by atoms with Crippen LogP contribution in [0.25, 0.3) is 0 Å². The van der Waals surface area contributed by atoms with Gasteiger partial charge in [-0.05, 0) is 19.4 Å². The van der Waals surface area contributed by atoms with Gasteiger partial charge in [0.2, 0.25) is 5.91 Å². The number of carboxylic acids is 2. The first-order chi connectivity index (χ1) is 11.2. The van der Waals surface area contributed by atoms with Crippen LogP contribution in [0.3, 0.4) is 0 Å². The van der Waals surface area contributed by atoms with Crippen LogP contribution < -0.4 is 10.6 Å². The third-order valence-corrected chi connectivity index (χ3v) is 5.30. The first-order valence-electron chi connectivity index (χ1n) is 7.43. The maximum atomic E-state index is 12.1. The highest BCUT2D eigenvalue weighted by atomic mass is 32.2. The van der Waals surface area contributed by atoms with Gasteiger partial charge in [-0.1, -0.05) is 30.3 Å². The molecule has 1 aliphatic heterocycles. The van der Waals surface area contributed by atoms with Gasteiger partial charge in [-0.25, -0.2) is 4.79 Å². The van der Waals surface area contributed by atoms with Crippen molar-refractivity contribution in [2.45, 2.75) is 42.5 Å². The second-order valence-corrected chi connectivity index (χ2v) is 7.92. The number of hydrogen-bond donors (Lipinski definition) is 4. The van der Waals surface area contributed by atoms with Crippen LogP contribution in [0.4, 0.5) is 0 Å².